The van der Waals surface area contributed by atoms with E-state index < -0.39 is 82.0 Å². The number of aliphatic hydroxyl groups excluding tert-OH is 5. The first-order chi connectivity index (χ1) is 27.8. The van der Waals surface area contributed by atoms with Gasteiger partial charge in [-0.05, 0) is 32.1 Å². The quantitative estimate of drug-likeness (QED) is 0.0166. The molecule has 1 aliphatic rings. The van der Waals surface area contributed by atoms with Crippen LogP contribution >= 0.6 is 7.82 Å². The van der Waals surface area contributed by atoms with Crippen LogP contribution in [0.1, 0.15) is 181 Å². The molecule has 0 saturated heterocycles. The summed E-state index contributed by atoms with van der Waals surface area (Å²) in [4.78, 5) is 36.3. The van der Waals surface area contributed by atoms with Gasteiger partial charge >= 0.3 is 19.8 Å². The molecule has 14 heteroatoms. The summed E-state index contributed by atoms with van der Waals surface area (Å²) in [5.74, 6) is -2.50. The number of allylic oxidation sites excluding steroid dienone is 2. The molecule has 8 atom stereocenters. The van der Waals surface area contributed by atoms with Gasteiger partial charge in [0.05, 0.1) is 13.4 Å². The van der Waals surface area contributed by atoms with Gasteiger partial charge in [0.25, 0.3) is 0 Å². The van der Waals surface area contributed by atoms with E-state index >= 15 is 0 Å². The summed E-state index contributed by atoms with van der Waals surface area (Å²) in [6.07, 6.45) is 8.34. The number of aliphatic hydroxyl groups is 5. The number of phosphoric acid groups is 1. The topological polar surface area (TPSA) is 210 Å². The Hall–Kier alpha value is -1.41. The van der Waals surface area contributed by atoms with Gasteiger partial charge in [-0.15, -0.1) is 0 Å². The average molecular weight is 800 g/mol. The average Bonchev–Trinajstić information content (AvgIpc) is 3.16. The molecule has 0 amide bonds. The van der Waals surface area contributed by atoms with Crippen LogP contribution in [0.2, 0.25) is 0 Å². The van der Waals surface area contributed by atoms with Gasteiger partial charge in [-0.1, -0.05) is 142 Å². The molecule has 0 aromatic rings. The van der Waals surface area contributed by atoms with Crippen LogP contribution in [0.15, 0.2) is 12.2 Å². The molecular formula is C40H75O13P. The van der Waals surface area contributed by atoms with Crippen LogP contribution in [0.5, 0.6) is 0 Å². The fraction of sp³-hybridized carbons (Fsp3) is 0.900. The van der Waals surface area contributed by atoms with E-state index in [1.807, 2.05) is 0 Å². The lowest BCUT2D eigenvalue weighted by Crippen LogP contribution is -2.64. The van der Waals surface area contributed by atoms with Crippen molar-refractivity contribution in [2.24, 2.45) is 0 Å². The molecular weight excluding hydrogens is 719 g/mol. The second kappa shape index (κ2) is 31.6. The molecule has 6 N–H and O–H groups in total. The number of ether oxygens (including phenoxy) is 2. The van der Waals surface area contributed by atoms with Gasteiger partial charge in [-0.3, -0.25) is 18.6 Å². The number of unbranched alkanes of at least 4 members (excludes halogenated alkanes) is 20. The van der Waals surface area contributed by atoms with E-state index in [2.05, 4.69) is 35.0 Å². The zero-order valence-electron chi connectivity index (χ0n) is 37.8. The molecule has 54 heavy (non-hydrogen) atoms. The van der Waals surface area contributed by atoms with Crippen LogP contribution < -0.4 is 0 Å². The van der Waals surface area contributed by atoms with Gasteiger partial charge in [-0.2, -0.15) is 0 Å². The Bertz CT molecular complexity index is 1230. The fourth-order valence-corrected chi connectivity index (χ4v) is 6.86. The predicted molar refractivity (Wildman–Crippen MR) is 207 cm³/mol. The maximum Gasteiger partial charge on any atom is 0.472 e. The Kier molecular flexibility index (Phi) is 24.7. The normalized spacial score (nSPS) is 25.8. The summed E-state index contributed by atoms with van der Waals surface area (Å²) in [5, 5.41) is 50.3. The van der Waals surface area contributed by atoms with Crippen molar-refractivity contribution in [3.8, 4) is 0 Å². The molecule has 318 valence electrons. The highest BCUT2D eigenvalue weighted by Gasteiger charge is 2.51. The predicted octanol–water partition coefficient (Wildman–Crippen LogP) is 7.11. The van der Waals surface area contributed by atoms with E-state index in [4.69, 9.17) is 16.3 Å². The van der Waals surface area contributed by atoms with Crippen molar-refractivity contribution in [3.05, 3.63) is 12.2 Å². The number of carbonyl (C=O) groups excluding carboxylic acids is 2. The molecule has 1 rings (SSSR count). The Balaban J connectivity index is 2.90. The van der Waals surface area contributed by atoms with Crippen molar-refractivity contribution in [3.63, 3.8) is 0 Å². The van der Waals surface area contributed by atoms with Gasteiger partial charge in [0.15, 0.2) is 6.08 Å². The minimum atomic E-state index is -5.99. The molecule has 1 fully saturated rings. The van der Waals surface area contributed by atoms with Crippen LogP contribution in [0.25, 0.3) is 0 Å². The minimum absolute atomic E-state index is 0.211. The van der Waals surface area contributed by atoms with E-state index in [9.17, 15) is 44.6 Å². The first-order valence-electron chi connectivity index (χ1n) is 23.0. The van der Waals surface area contributed by atoms with Gasteiger partial charge in [0, 0.05) is 12.8 Å². The molecule has 0 heterocycles. The van der Waals surface area contributed by atoms with Crippen molar-refractivity contribution < 1.29 is 70.0 Å². The Morgan fingerprint density at radius 3 is 1.52 bits per heavy atom. The number of rotatable bonds is 34. The fourth-order valence-electron chi connectivity index (χ4n) is 6.06. The molecule has 1 aliphatic carbocycles. The van der Waals surface area contributed by atoms with Crippen molar-refractivity contribution in [2.45, 2.75) is 217 Å². The molecule has 3 unspecified atom stereocenters. The highest BCUT2D eigenvalue weighted by Crippen LogP contribution is 2.47. The lowest BCUT2D eigenvalue weighted by atomic mass is 9.85. The largest absolute Gasteiger partial charge is 0.472 e. The highest BCUT2D eigenvalue weighted by molar-refractivity contribution is 7.47. The number of hydrogen-bond donors (Lipinski definition) is 6. The summed E-state index contributed by atoms with van der Waals surface area (Å²) in [5.41, 5.74) is 0. The molecule has 0 spiro atoms. The first-order valence-corrected chi connectivity index (χ1v) is 22.0. The number of phosphoric ester groups is 1. The van der Waals surface area contributed by atoms with Crippen molar-refractivity contribution in [1.29, 1.82) is 0 Å². The zero-order valence-corrected chi connectivity index (χ0v) is 33.7. The van der Waals surface area contributed by atoms with Crippen molar-refractivity contribution in [2.75, 3.05) is 13.1 Å². The van der Waals surface area contributed by atoms with Gasteiger partial charge in [0.2, 0.25) is 0 Å². The first kappa shape index (κ1) is 42.2. The van der Waals surface area contributed by atoms with E-state index in [0.717, 1.165) is 70.6 Å². The van der Waals surface area contributed by atoms with Crippen molar-refractivity contribution in [1.82, 2.24) is 0 Å². The molecule has 0 bridgehead atoms. The smallest absolute Gasteiger partial charge is 0.462 e. The maximum atomic E-state index is 13.1. The van der Waals surface area contributed by atoms with E-state index in [1.165, 1.54) is 51.4 Å². The van der Waals surface area contributed by atoms with Crippen LogP contribution in [-0.2, 0) is 32.7 Å². The van der Waals surface area contributed by atoms with Crippen LogP contribution in [0, 0.1) is 0 Å². The van der Waals surface area contributed by atoms with E-state index in [0.29, 0.717) is 12.8 Å². The number of hydrogen-bond acceptors (Lipinski definition) is 12. The number of esters is 2. The monoisotopic (exact) mass is 800 g/mol. The molecule has 0 aromatic heterocycles. The summed E-state index contributed by atoms with van der Waals surface area (Å²) < 4.78 is 74.6. The standard InChI is InChI=1S/C40H75O13P/c1-3-5-7-9-11-13-15-16-17-19-20-22-24-26-28-33(41)50-30-32(52-34(42)29-27-25-23-21-18-14-12-10-8-6-4-2)31-51-54(48,49)53-40-38(46)36(44)35(43)37(45)39(40)47/h10,12,32,35-40,43-47H,3-9,11,13-31H2,1-2H3,(H,48,49)/b12-10-/t32-,35?,36-,37+,38-,39-,40?/m1/s1/i30D2,31D2,32D. The Labute approximate surface area is 331 Å². The highest BCUT2D eigenvalue weighted by atomic mass is 31.2. The third-order valence-corrected chi connectivity index (χ3v) is 10.3. The SMILES string of the molecule is [2H]C([2H])(OC(=O)CCCCCCCCCCCCCCCC)[C@@]([2H])(OC(=O)CCCCCCC/C=C\CCCC)C([2H])([2H])OP(=O)(O)OC1[C@H](O)[C@H](O)C(O)[C@H](O)[C@H]1O. The van der Waals surface area contributed by atoms with E-state index in [1.54, 1.807) is 0 Å². The van der Waals surface area contributed by atoms with Crippen LogP contribution in [0.4, 0.5) is 0 Å². The zero-order chi connectivity index (χ0) is 44.5. The number of carbonyl (C=O) groups is 2. The van der Waals surface area contributed by atoms with Crippen molar-refractivity contribution >= 4 is 19.8 Å². The van der Waals surface area contributed by atoms with E-state index in [-0.39, 0.29) is 19.3 Å². The molecule has 13 nitrogen and oxygen atoms in total. The summed E-state index contributed by atoms with van der Waals surface area (Å²) in [6.45, 7) is -3.65. The maximum absolute atomic E-state index is 13.1. The Morgan fingerprint density at radius 2 is 1.02 bits per heavy atom. The van der Waals surface area contributed by atoms with Gasteiger partial charge in [0.1, 0.15) is 43.2 Å². The molecule has 0 aromatic carbocycles. The molecule has 0 radical (unpaired) electrons. The lowest BCUT2D eigenvalue weighted by molar-refractivity contribution is -0.220. The second-order valence-corrected chi connectivity index (χ2v) is 15.7. The van der Waals surface area contributed by atoms with Gasteiger partial charge < -0.3 is 39.9 Å². The lowest BCUT2D eigenvalue weighted by Gasteiger charge is -2.41. The third kappa shape index (κ3) is 24.3. The van der Waals surface area contributed by atoms with Crippen LogP contribution in [0.3, 0.4) is 0 Å². The minimum Gasteiger partial charge on any atom is -0.462 e. The molecule has 1 saturated carbocycles. The van der Waals surface area contributed by atoms with Gasteiger partial charge in [-0.25, -0.2) is 4.57 Å². The third-order valence-electron chi connectivity index (χ3n) is 9.43. The second-order valence-electron chi connectivity index (χ2n) is 14.3. The molecule has 0 aliphatic heterocycles. The summed E-state index contributed by atoms with van der Waals surface area (Å²) in [6, 6.07) is 0. The van der Waals surface area contributed by atoms with Crippen LogP contribution in [-0.4, -0.2) is 98.2 Å². The summed E-state index contributed by atoms with van der Waals surface area (Å²) >= 11 is 0. The Morgan fingerprint density at radius 1 is 0.611 bits per heavy atom. The summed E-state index contributed by atoms with van der Waals surface area (Å²) in [7, 11) is -5.99.